The first kappa shape index (κ1) is 20.1. The summed E-state index contributed by atoms with van der Waals surface area (Å²) in [6, 6.07) is 21.0. The van der Waals surface area contributed by atoms with Gasteiger partial charge in [-0.25, -0.2) is 0 Å². The second-order valence-electron chi connectivity index (χ2n) is 7.13. The monoisotopic (exact) mass is 422 g/mol. The molecule has 1 unspecified atom stereocenters. The number of nitrogens with zero attached hydrogens (tertiary/aromatic N) is 1. The Labute approximate surface area is 181 Å². The van der Waals surface area contributed by atoms with Gasteiger partial charge in [0.05, 0.1) is 24.5 Å². The van der Waals surface area contributed by atoms with Crippen molar-refractivity contribution in [2.75, 3.05) is 23.9 Å². The van der Waals surface area contributed by atoms with Crippen molar-refractivity contribution in [1.29, 1.82) is 0 Å². The highest BCUT2D eigenvalue weighted by atomic mass is 35.5. The number of halogens is 1. The molecule has 6 heteroatoms. The van der Waals surface area contributed by atoms with Crippen LogP contribution in [-0.4, -0.2) is 19.6 Å². The minimum absolute atomic E-state index is 0.0226. The molecule has 1 N–H and O–H groups in total. The molecule has 1 aliphatic rings. The van der Waals surface area contributed by atoms with E-state index >= 15 is 0 Å². The van der Waals surface area contributed by atoms with Gasteiger partial charge in [0.1, 0.15) is 11.5 Å². The van der Waals surface area contributed by atoms with Crippen LogP contribution in [0.5, 0.6) is 17.2 Å². The number of amides is 1. The van der Waals surface area contributed by atoms with Crippen molar-refractivity contribution in [3.63, 3.8) is 0 Å². The van der Waals surface area contributed by atoms with Crippen molar-refractivity contribution in [2.24, 2.45) is 0 Å². The molecular formula is C24H23ClN2O3. The van der Waals surface area contributed by atoms with Crippen LogP contribution < -0.4 is 19.7 Å². The van der Waals surface area contributed by atoms with Crippen LogP contribution in [0.25, 0.3) is 0 Å². The van der Waals surface area contributed by atoms with E-state index < -0.39 is 0 Å². The van der Waals surface area contributed by atoms with E-state index in [0.717, 1.165) is 34.9 Å². The van der Waals surface area contributed by atoms with Crippen LogP contribution in [0.1, 0.15) is 24.9 Å². The summed E-state index contributed by atoms with van der Waals surface area (Å²) < 4.78 is 11.5. The molecule has 0 aromatic heterocycles. The number of methoxy groups -OCH3 is 1. The molecule has 0 bridgehead atoms. The van der Waals surface area contributed by atoms with Gasteiger partial charge < -0.3 is 19.7 Å². The van der Waals surface area contributed by atoms with Crippen LogP contribution >= 0.6 is 11.6 Å². The maximum absolute atomic E-state index is 12.1. The topological polar surface area (TPSA) is 50.8 Å². The smallest absolute Gasteiger partial charge is 0.223 e. The number of rotatable bonds is 5. The highest BCUT2D eigenvalue weighted by molar-refractivity contribution is 6.30. The van der Waals surface area contributed by atoms with Gasteiger partial charge in [0.25, 0.3) is 0 Å². The van der Waals surface area contributed by atoms with Crippen molar-refractivity contribution in [2.45, 2.75) is 19.4 Å². The second-order valence-corrected chi connectivity index (χ2v) is 7.57. The molecule has 1 atom stereocenters. The number of ether oxygens (including phenoxy) is 2. The highest BCUT2D eigenvalue weighted by Gasteiger charge is 2.28. The minimum Gasteiger partial charge on any atom is -0.497 e. The van der Waals surface area contributed by atoms with E-state index in [2.05, 4.69) is 5.32 Å². The van der Waals surface area contributed by atoms with Gasteiger partial charge in [-0.2, -0.15) is 0 Å². The predicted octanol–water partition coefficient (Wildman–Crippen LogP) is 6.05. The zero-order valence-electron chi connectivity index (χ0n) is 16.9. The van der Waals surface area contributed by atoms with Crippen LogP contribution in [0.2, 0.25) is 5.02 Å². The third-order valence-electron chi connectivity index (χ3n) is 5.18. The van der Waals surface area contributed by atoms with Gasteiger partial charge in [0.15, 0.2) is 5.75 Å². The Hall–Kier alpha value is -3.18. The van der Waals surface area contributed by atoms with Gasteiger partial charge in [0, 0.05) is 24.6 Å². The van der Waals surface area contributed by atoms with Gasteiger partial charge in [-0.05, 0) is 54.4 Å². The Kier molecular flexibility index (Phi) is 5.81. The third kappa shape index (κ3) is 4.21. The Balaban J connectivity index is 1.63. The Morgan fingerprint density at radius 1 is 1.07 bits per heavy atom. The van der Waals surface area contributed by atoms with E-state index in [0.29, 0.717) is 17.3 Å². The Morgan fingerprint density at radius 2 is 1.80 bits per heavy atom. The van der Waals surface area contributed by atoms with E-state index in [1.807, 2.05) is 54.6 Å². The summed E-state index contributed by atoms with van der Waals surface area (Å²) in [5.74, 6) is 2.19. The lowest BCUT2D eigenvalue weighted by Crippen LogP contribution is -2.36. The number of carbonyl (C=O) groups is 1. The summed E-state index contributed by atoms with van der Waals surface area (Å²) >= 11 is 5.97. The maximum atomic E-state index is 12.1. The zero-order chi connectivity index (χ0) is 21.1. The molecule has 1 amide bonds. The fraction of sp³-hybridized carbons (Fsp3) is 0.208. The minimum atomic E-state index is 0.0226. The average molecular weight is 423 g/mol. The summed E-state index contributed by atoms with van der Waals surface area (Å²) in [5, 5.41) is 4.27. The van der Waals surface area contributed by atoms with Crippen molar-refractivity contribution in [3.05, 3.63) is 77.3 Å². The lowest BCUT2D eigenvalue weighted by atomic mass is 9.95. The van der Waals surface area contributed by atoms with E-state index in [4.69, 9.17) is 21.1 Å². The van der Waals surface area contributed by atoms with Gasteiger partial charge in [-0.15, -0.1) is 0 Å². The standard InChI is InChI=1S/C24H23ClN2O3/c1-16(28)27-14-13-21(20-12-11-19(29-2)15-23(20)27)26-22-5-3-4-6-24(22)30-18-9-7-17(25)8-10-18/h3-12,15,21,26H,13-14H2,1-2H3. The van der Waals surface area contributed by atoms with Crippen LogP contribution in [0.4, 0.5) is 11.4 Å². The normalized spacial score (nSPS) is 15.3. The molecular weight excluding hydrogens is 400 g/mol. The number of hydrogen-bond acceptors (Lipinski definition) is 4. The molecule has 0 fully saturated rings. The van der Waals surface area contributed by atoms with Crippen LogP contribution in [0, 0.1) is 0 Å². The SMILES string of the molecule is COc1ccc2c(c1)N(C(C)=O)CCC2Nc1ccccc1Oc1ccc(Cl)cc1. The largest absolute Gasteiger partial charge is 0.497 e. The highest BCUT2D eigenvalue weighted by Crippen LogP contribution is 2.40. The van der Waals surface area contributed by atoms with Crippen LogP contribution in [-0.2, 0) is 4.79 Å². The van der Waals surface area contributed by atoms with E-state index in [1.54, 1.807) is 31.1 Å². The maximum Gasteiger partial charge on any atom is 0.223 e. The molecule has 3 aromatic carbocycles. The van der Waals surface area contributed by atoms with Crippen molar-refractivity contribution < 1.29 is 14.3 Å². The van der Waals surface area contributed by atoms with Crippen molar-refractivity contribution >= 4 is 28.9 Å². The molecule has 4 rings (SSSR count). The second kappa shape index (κ2) is 8.67. The van der Waals surface area contributed by atoms with Gasteiger partial charge >= 0.3 is 0 Å². The quantitative estimate of drug-likeness (QED) is 0.543. The lowest BCUT2D eigenvalue weighted by molar-refractivity contribution is -0.116. The zero-order valence-corrected chi connectivity index (χ0v) is 17.6. The van der Waals surface area contributed by atoms with Crippen molar-refractivity contribution in [3.8, 4) is 17.2 Å². The molecule has 154 valence electrons. The Morgan fingerprint density at radius 3 is 2.53 bits per heavy atom. The number of anilines is 2. The number of nitrogens with one attached hydrogen (secondary N) is 1. The first-order valence-electron chi connectivity index (χ1n) is 9.80. The molecule has 0 saturated carbocycles. The summed E-state index contributed by atoms with van der Waals surface area (Å²) in [6.45, 7) is 2.22. The summed E-state index contributed by atoms with van der Waals surface area (Å²) in [4.78, 5) is 13.9. The lowest BCUT2D eigenvalue weighted by Gasteiger charge is -2.35. The molecule has 0 aliphatic carbocycles. The molecule has 5 nitrogen and oxygen atoms in total. The number of para-hydroxylation sites is 2. The van der Waals surface area contributed by atoms with Gasteiger partial charge in [-0.1, -0.05) is 29.8 Å². The third-order valence-corrected chi connectivity index (χ3v) is 5.44. The summed E-state index contributed by atoms with van der Waals surface area (Å²) in [5.41, 5.74) is 2.82. The number of hydrogen-bond donors (Lipinski definition) is 1. The van der Waals surface area contributed by atoms with E-state index in [-0.39, 0.29) is 11.9 Å². The number of benzene rings is 3. The molecule has 3 aromatic rings. The summed E-state index contributed by atoms with van der Waals surface area (Å²) in [6.07, 6.45) is 0.786. The van der Waals surface area contributed by atoms with Crippen molar-refractivity contribution in [1.82, 2.24) is 0 Å². The fourth-order valence-corrected chi connectivity index (χ4v) is 3.81. The number of carbonyl (C=O) groups excluding carboxylic acids is 1. The van der Waals surface area contributed by atoms with Crippen LogP contribution in [0.15, 0.2) is 66.7 Å². The average Bonchev–Trinajstić information content (AvgIpc) is 2.76. The van der Waals surface area contributed by atoms with Gasteiger partial charge in [0.2, 0.25) is 5.91 Å². The molecule has 30 heavy (non-hydrogen) atoms. The molecule has 1 aliphatic heterocycles. The van der Waals surface area contributed by atoms with E-state index in [1.165, 1.54) is 0 Å². The number of fused-ring (bicyclic) bond motifs is 1. The first-order valence-corrected chi connectivity index (χ1v) is 10.2. The fourth-order valence-electron chi connectivity index (χ4n) is 3.68. The molecule has 0 spiro atoms. The van der Waals surface area contributed by atoms with Crippen LogP contribution in [0.3, 0.4) is 0 Å². The molecule has 1 heterocycles. The van der Waals surface area contributed by atoms with E-state index in [9.17, 15) is 4.79 Å². The first-order chi connectivity index (χ1) is 14.5. The Bertz CT molecular complexity index is 1050. The summed E-state index contributed by atoms with van der Waals surface area (Å²) in [7, 11) is 1.63. The molecule has 0 saturated heterocycles. The predicted molar refractivity (Wildman–Crippen MR) is 120 cm³/mol. The van der Waals surface area contributed by atoms with Gasteiger partial charge in [-0.3, -0.25) is 4.79 Å². The molecule has 0 radical (unpaired) electrons.